The lowest BCUT2D eigenvalue weighted by atomic mass is 9.89. The number of aryl methyl sites for hydroxylation is 3. The molecule has 0 amide bonds. The van der Waals surface area contributed by atoms with Crippen molar-refractivity contribution in [3.8, 4) is 0 Å². The molecule has 1 saturated carbocycles. The quantitative estimate of drug-likeness (QED) is 0.748. The summed E-state index contributed by atoms with van der Waals surface area (Å²) >= 11 is 0. The van der Waals surface area contributed by atoms with Crippen LogP contribution in [0.4, 0.5) is 0 Å². The molecule has 92 valence electrons. The highest BCUT2D eigenvalue weighted by Gasteiger charge is 2.51. The van der Waals surface area contributed by atoms with Gasteiger partial charge in [0, 0.05) is 0 Å². The van der Waals surface area contributed by atoms with Gasteiger partial charge in [0.1, 0.15) is 0 Å². The Labute approximate surface area is 103 Å². The SMILES string of the molecule is COC(=O)C1(Cc2c(C)cc(C)cc2C)CC1. The van der Waals surface area contributed by atoms with E-state index >= 15 is 0 Å². The van der Waals surface area contributed by atoms with Crippen LogP contribution >= 0.6 is 0 Å². The van der Waals surface area contributed by atoms with E-state index in [0.29, 0.717) is 0 Å². The molecule has 1 aromatic rings. The van der Waals surface area contributed by atoms with E-state index in [1.54, 1.807) is 0 Å². The van der Waals surface area contributed by atoms with E-state index in [-0.39, 0.29) is 11.4 Å². The van der Waals surface area contributed by atoms with Crippen LogP contribution in [0.15, 0.2) is 12.1 Å². The Hall–Kier alpha value is -1.31. The fourth-order valence-corrected chi connectivity index (χ4v) is 2.65. The monoisotopic (exact) mass is 232 g/mol. The van der Waals surface area contributed by atoms with E-state index in [2.05, 4.69) is 32.9 Å². The van der Waals surface area contributed by atoms with Gasteiger partial charge in [-0.05, 0) is 56.7 Å². The summed E-state index contributed by atoms with van der Waals surface area (Å²) in [5.41, 5.74) is 4.96. The van der Waals surface area contributed by atoms with Crippen molar-refractivity contribution in [2.45, 2.75) is 40.0 Å². The topological polar surface area (TPSA) is 26.3 Å². The maximum absolute atomic E-state index is 11.8. The second-order valence-electron chi connectivity index (χ2n) is 5.33. The van der Waals surface area contributed by atoms with Crippen molar-refractivity contribution in [2.24, 2.45) is 5.41 Å². The molecule has 0 unspecified atom stereocenters. The zero-order valence-corrected chi connectivity index (χ0v) is 11.1. The van der Waals surface area contributed by atoms with Crippen LogP contribution in [-0.4, -0.2) is 13.1 Å². The molecular formula is C15H20O2. The fourth-order valence-electron chi connectivity index (χ4n) is 2.65. The molecule has 0 N–H and O–H groups in total. The molecule has 0 spiro atoms. The van der Waals surface area contributed by atoms with Gasteiger partial charge in [0.25, 0.3) is 0 Å². The van der Waals surface area contributed by atoms with Gasteiger partial charge in [-0.2, -0.15) is 0 Å². The molecule has 1 aliphatic carbocycles. The number of esters is 1. The summed E-state index contributed by atoms with van der Waals surface area (Å²) in [4.78, 5) is 11.8. The summed E-state index contributed by atoms with van der Waals surface area (Å²) in [6, 6.07) is 4.38. The minimum Gasteiger partial charge on any atom is -0.469 e. The molecule has 2 nitrogen and oxygen atoms in total. The van der Waals surface area contributed by atoms with Gasteiger partial charge in [-0.3, -0.25) is 4.79 Å². The van der Waals surface area contributed by atoms with Crippen LogP contribution < -0.4 is 0 Å². The Morgan fingerprint density at radius 3 is 2.18 bits per heavy atom. The number of hydrogen-bond donors (Lipinski definition) is 0. The van der Waals surface area contributed by atoms with E-state index in [1.807, 2.05) is 0 Å². The van der Waals surface area contributed by atoms with Crippen LogP contribution in [0.5, 0.6) is 0 Å². The third kappa shape index (κ3) is 2.21. The Morgan fingerprint density at radius 1 is 1.24 bits per heavy atom. The zero-order valence-electron chi connectivity index (χ0n) is 11.1. The summed E-state index contributed by atoms with van der Waals surface area (Å²) in [6.45, 7) is 6.36. The molecular weight excluding hydrogens is 212 g/mol. The summed E-state index contributed by atoms with van der Waals surface area (Å²) in [5.74, 6) is -0.0446. The first-order valence-electron chi connectivity index (χ1n) is 6.14. The van der Waals surface area contributed by atoms with Crippen LogP contribution in [0, 0.1) is 26.2 Å². The molecule has 0 saturated heterocycles. The molecule has 17 heavy (non-hydrogen) atoms. The number of carbonyl (C=O) groups is 1. The molecule has 0 radical (unpaired) electrons. The van der Waals surface area contributed by atoms with Gasteiger partial charge < -0.3 is 4.74 Å². The lowest BCUT2D eigenvalue weighted by molar-refractivity contribution is -0.147. The number of hydrogen-bond acceptors (Lipinski definition) is 2. The van der Waals surface area contributed by atoms with Crippen molar-refractivity contribution < 1.29 is 9.53 Å². The maximum Gasteiger partial charge on any atom is 0.312 e. The molecule has 1 fully saturated rings. The number of methoxy groups -OCH3 is 1. The van der Waals surface area contributed by atoms with Crippen LogP contribution in [0.1, 0.15) is 35.1 Å². The number of rotatable bonds is 3. The lowest BCUT2D eigenvalue weighted by Gasteiger charge is -2.17. The zero-order chi connectivity index (χ0) is 12.6. The van der Waals surface area contributed by atoms with Crippen molar-refractivity contribution >= 4 is 5.97 Å². The van der Waals surface area contributed by atoms with Crippen LogP contribution in [0.25, 0.3) is 0 Å². The van der Waals surface area contributed by atoms with Crippen molar-refractivity contribution in [1.82, 2.24) is 0 Å². The Morgan fingerprint density at radius 2 is 1.76 bits per heavy atom. The van der Waals surface area contributed by atoms with E-state index < -0.39 is 0 Å². The Bertz CT molecular complexity index is 433. The van der Waals surface area contributed by atoms with Gasteiger partial charge in [0.2, 0.25) is 0 Å². The van der Waals surface area contributed by atoms with Crippen LogP contribution in [0.3, 0.4) is 0 Å². The average Bonchev–Trinajstić information content (AvgIpc) is 3.03. The first-order valence-corrected chi connectivity index (χ1v) is 6.14. The molecule has 0 heterocycles. The summed E-state index contributed by atoms with van der Waals surface area (Å²) in [7, 11) is 1.48. The molecule has 0 aliphatic heterocycles. The molecule has 2 rings (SSSR count). The lowest BCUT2D eigenvalue weighted by Crippen LogP contribution is -2.21. The minimum absolute atomic E-state index is 0.0446. The van der Waals surface area contributed by atoms with Crippen molar-refractivity contribution in [3.05, 3.63) is 34.4 Å². The molecule has 0 bridgehead atoms. The van der Waals surface area contributed by atoms with Gasteiger partial charge >= 0.3 is 5.97 Å². The fraction of sp³-hybridized carbons (Fsp3) is 0.533. The third-order valence-electron chi connectivity index (χ3n) is 3.83. The Balaban J connectivity index is 2.28. The second kappa shape index (κ2) is 4.17. The maximum atomic E-state index is 11.8. The van der Waals surface area contributed by atoms with Gasteiger partial charge in [-0.25, -0.2) is 0 Å². The molecule has 1 aromatic carbocycles. The van der Waals surface area contributed by atoms with E-state index in [0.717, 1.165) is 19.3 Å². The smallest absolute Gasteiger partial charge is 0.312 e. The van der Waals surface area contributed by atoms with Gasteiger partial charge in [-0.15, -0.1) is 0 Å². The predicted molar refractivity (Wildman–Crippen MR) is 68.0 cm³/mol. The van der Waals surface area contributed by atoms with E-state index in [1.165, 1.54) is 29.4 Å². The number of carbonyl (C=O) groups excluding carboxylic acids is 1. The van der Waals surface area contributed by atoms with E-state index in [9.17, 15) is 4.79 Å². The molecule has 0 atom stereocenters. The van der Waals surface area contributed by atoms with Crippen LogP contribution in [-0.2, 0) is 16.0 Å². The van der Waals surface area contributed by atoms with Crippen molar-refractivity contribution in [3.63, 3.8) is 0 Å². The average molecular weight is 232 g/mol. The Kier molecular flexibility index (Phi) is 2.98. The molecule has 1 aliphatic rings. The van der Waals surface area contributed by atoms with Crippen molar-refractivity contribution in [1.29, 1.82) is 0 Å². The minimum atomic E-state index is -0.223. The number of ether oxygens (including phenoxy) is 1. The second-order valence-corrected chi connectivity index (χ2v) is 5.33. The summed E-state index contributed by atoms with van der Waals surface area (Å²) in [6.07, 6.45) is 2.76. The van der Waals surface area contributed by atoms with Crippen LogP contribution in [0.2, 0.25) is 0 Å². The highest BCUT2D eigenvalue weighted by Crippen LogP contribution is 2.50. The highest BCUT2D eigenvalue weighted by molar-refractivity contribution is 5.80. The highest BCUT2D eigenvalue weighted by atomic mass is 16.5. The molecule has 0 aromatic heterocycles. The summed E-state index contributed by atoms with van der Waals surface area (Å²) < 4.78 is 4.91. The van der Waals surface area contributed by atoms with Crippen molar-refractivity contribution in [2.75, 3.05) is 7.11 Å². The largest absolute Gasteiger partial charge is 0.469 e. The summed E-state index contributed by atoms with van der Waals surface area (Å²) in [5, 5.41) is 0. The predicted octanol–water partition coefficient (Wildman–Crippen LogP) is 3.11. The standard InChI is InChI=1S/C15H20O2/c1-10-7-11(2)13(12(3)8-10)9-15(5-6-15)14(16)17-4/h7-8H,5-6,9H2,1-4H3. The van der Waals surface area contributed by atoms with Gasteiger partial charge in [0.15, 0.2) is 0 Å². The number of benzene rings is 1. The third-order valence-corrected chi connectivity index (χ3v) is 3.83. The first kappa shape index (κ1) is 12.2. The van der Waals surface area contributed by atoms with E-state index in [4.69, 9.17) is 4.74 Å². The first-order chi connectivity index (χ1) is 7.98. The van der Waals surface area contributed by atoms with Gasteiger partial charge in [0.05, 0.1) is 12.5 Å². The normalized spacial score (nSPS) is 16.7. The van der Waals surface area contributed by atoms with Gasteiger partial charge in [-0.1, -0.05) is 17.7 Å². The molecule has 2 heteroatoms.